The van der Waals surface area contributed by atoms with Crippen LogP contribution in [0.4, 0.5) is 4.79 Å². The van der Waals surface area contributed by atoms with E-state index in [1.54, 1.807) is 4.90 Å². The smallest absolute Gasteiger partial charge is 0.318 e. The summed E-state index contributed by atoms with van der Waals surface area (Å²) in [6.45, 7) is 1.15. The van der Waals surface area contributed by atoms with Gasteiger partial charge in [-0.25, -0.2) is 13.2 Å². The molecule has 2 amide bonds. The molecule has 2 aliphatic rings. The summed E-state index contributed by atoms with van der Waals surface area (Å²) >= 11 is 0. The monoisotopic (exact) mass is 474 g/mol. The van der Waals surface area contributed by atoms with Crippen LogP contribution in [0.1, 0.15) is 41.9 Å². The lowest BCUT2D eigenvalue weighted by Gasteiger charge is -2.26. The van der Waals surface area contributed by atoms with Gasteiger partial charge in [0.05, 0.1) is 11.5 Å². The summed E-state index contributed by atoms with van der Waals surface area (Å²) in [5.41, 5.74) is 4.33. The van der Waals surface area contributed by atoms with Crippen LogP contribution < -0.4 is 5.32 Å². The molecule has 1 N–H and O–H groups in total. The van der Waals surface area contributed by atoms with Crippen LogP contribution in [0.3, 0.4) is 0 Å². The Balaban J connectivity index is 1.13. The standard InChI is InChI=1S/C28H30N2O3S/c31-28(30-16-14-25(19-30)27-13-5-10-23-7-1-2-12-26(23)27)29-15-17-34(32,33)20-21-6-3-11-24(18-21)22-8-4-9-22/h1-3,5-7,10-14,18,22H,4,8-9,15-17,19-20H2,(H,29,31). The minimum absolute atomic E-state index is 0.0138. The summed E-state index contributed by atoms with van der Waals surface area (Å²) in [6.07, 6.45) is 5.71. The third-order valence-electron chi connectivity index (χ3n) is 6.95. The van der Waals surface area contributed by atoms with Crippen molar-refractivity contribution in [3.63, 3.8) is 0 Å². The normalized spacial score (nSPS) is 16.4. The molecule has 0 unspecified atom stereocenters. The first-order valence-electron chi connectivity index (χ1n) is 12.0. The molecule has 0 bridgehead atoms. The zero-order valence-corrected chi connectivity index (χ0v) is 20.1. The highest BCUT2D eigenvalue weighted by Gasteiger charge is 2.23. The fourth-order valence-corrected chi connectivity index (χ4v) is 6.08. The molecule has 0 atom stereocenters. The number of hydrogen-bond acceptors (Lipinski definition) is 3. The number of benzene rings is 3. The quantitative estimate of drug-likeness (QED) is 0.516. The van der Waals surface area contributed by atoms with Gasteiger partial charge >= 0.3 is 6.03 Å². The van der Waals surface area contributed by atoms with Crippen molar-refractivity contribution < 1.29 is 13.2 Å². The average molecular weight is 475 g/mol. The minimum atomic E-state index is -3.31. The molecule has 1 aliphatic heterocycles. The van der Waals surface area contributed by atoms with Crippen molar-refractivity contribution in [2.75, 3.05) is 25.4 Å². The van der Waals surface area contributed by atoms with Crippen molar-refractivity contribution in [3.8, 4) is 0 Å². The van der Waals surface area contributed by atoms with Gasteiger partial charge in [0.1, 0.15) is 0 Å². The van der Waals surface area contributed by atoms with Gasteiger partial charge in [-0.1, -0.05) is 79.2 Å². The molecule has 3 aromatic carbocycles. The van der Waals surface area contributed by atoms with Gasteiger partial charge in [-0.15, -0.1) is 0 Å². The molecule has 1 saturated carbocycles. The van der Waals surface area contributed by atoms with E-state index in [-0.39, 0.29) is 24.1 Å². The van der Waals surface area contributed by atoms with Crippen LogP contribution in [0, 0.1) is 0 Å². The van der Waals surface area contributed by atoms with Gasteiger partial charge in [-0.05, 0) is 51.8 Å². The molecule has 34 heavy (non-hydrogen) atoms. The summed E-state index contributed by atoms with van der Waals surface area (Å²) in [5.74, 6) is 0.527. The SMILES string of the molecule is O=C(NCCS(=O)(=O)Cc1cccc(C2CCC2)c1)N1CC=C(c2cccc3ccccc23)C1. The van der Waals surface area contributed by atoms with Crippen molar-refractivity contribution in [1.82, 2.24) is 10.2 Å². The second-order valence-electron chi connectivity index (χ2n) is 9.33. The molecule has 1 fully saturated rings. The van der Waals surface area contributed by atoms with E-state index in [1.807, 2.05) is 36.4 Å². The molecule has 1 aliphatic carbocycles. The predicted molar refractivity (Wildman–Crippen MR) is 137 cm³/mol. The molecule has 0 spiro atoms. The van der Waals surface area contributed by atoms with E-state index in [1.165, 1.54) is 35.6 Å². The van der Waals surface area contributed by atoms with Gasteiger partial charge in [0.2, 0.25) is 0 Å². The van der Waals surface area contributed by atoms with Gasteiger partial charge in [0, 0.05) is 19.6 Å². The van der Waals surface area contributed by atoms with E-state index in [2.05, 4.69) is 41.7 Å². The number of sulfone groups is 1. The molecule has 0 saturated heterocycles. The maximum Gasteiger partial charge on any atom is 0.318 e. The van der Waals surface area contributed by atoms with E-state index in [4.69, 9.17) is 0 Å². The maximum absolute atomic E-state index is 12.7. The summed E-state index contributed by atoms with van der Waals surface area (Å²) in [6, 6.07) is 22.2. The van der Waals surface area contributed by atoms with Gasteiger partial charge < -0.3 is 10.2 Å². The van der Waals surface area contributed by atoms with Crippen molar-refractivity contribution >= 4 is 32.2 Å². The Morgan fingerprint density at radius 2 is 1.79 bits per heavy atom. The Morgan fingerprint density at radius 1 is 1.00 bits per heavy atom. The van der Waals surface area contributed by atoms with E-state index in [0.717, 1.165) is 16.7 Å². The average Bonchev–Trinajstić information content (AvgIpc) is 3.27. The van der Waals surface area contributed by atoms with Gasteiger partial charge in [-0.2, -0.15) is 0 Å². The number of carbonyl (C=O) groups excluding carboxylic acids is 1. The molecule has 176 valence electrons. The molecule has 0 aromatic heterocycles. The van der Waals surface area contributed by atoms with Gasteiger partial charge in [0.25, 0.3) is 0 Å². The molecule has 0 radical (unpaired) electrons. The molecular weight excluding hydrogens is 444 g/mol. The number of urea groups is 1. The van der Waals surface area contributed by atoms with Crippen molar-refractivity contribution in [2.45, 2.75) is 30.9 Å². The zero-order chi connectivity index (χ0) is 23.5. The number of carbonyl (C=O) groups is 1. The van der Waals surface area contributed by atoms with E-state index < -0.39 is 9.84 Å². The second-order valence-corrected chi connectivity index (χ2v) is 11.5. The molecular formula is C28H30N2O3S. The summed E-state index contributed by atoms with van der Waals surface area (Å²) in [4.78, 5) is 14.4. The summed E-state index contributed by atoms with van der Waals surface area (Å²) in [7, 11) is -3.31. The first-order chi connectivity index (χ1) is 16.5. The number of nitrogens with zero attached hydrogens (tertiary/aromatic N) is 1. The maximum atomic E-state index is 12.7. The molecule has 3 aromatic rings. The lowest BCUT2D eigenvalue weighted by molar-refractivity contribution is 0.212. The van der Waals surface area contributed by atoms with Gasteiger partial charge in [0.15, 0.2) is 9.84 Å². The molecule has 1 heterocycles. The highest BCUT2D eigenvalue weighted by molar-refractivity contribution is 7.90. The number of hydrogen-bond donors (Lipinski definition) is 1. The van der Waals surface area contributed by atoms with Crippen molar-refractivity contribution in [2.24, 2.45) is 0 Å². The van der Waals surface area contributed by atoms with E-state index in [9.17, 15) is 13.2 Å². The van der Waals surface area contributed by atoms with Crippen LogP contribution in [0.2, 0.25) is 0 Å². The first kappa shape index (κ1) is 22.7. The second kappa shape index (κ2) is 9.63. The molecule has 5 rings (SSSR count). The highest BCUT2D eigenvalue weighted by atomic mass is 32.2. The third-order valence-corrected chi connectivity index (χ3v) is 8.54. The molecule has 5 nitrogen and oxygen atoms in total. The van der Waals surface area contributed by atoms with E-state index >= 15 is 0 Å². The highest BCUT2D eigenvalue weighted by Crippen LogP contribution is 2.36. The van der Waals surface area contributed by atoms with Crippen LogP contribution in [0.5, 0.6) is 0 Å². The van der Waals surface area contributed by atoms with Crippen LogP contribution in [0.15, 0.2) is 72.8 Å². The van der Waals surface area contributed by atoms with Gasteiger partial charge in [-0.3, -0.25) is 0 Å². The Hall–Kier alpha value is -3.12. The summed E-state index contributed by atoms with van der Waals surface area (Å²) in [5, 5.41) is 5.14. The zero-order valence-electron chi connectivity index (χ0n) is 19.2. The Morgan fingerprint density at radius 3 is 2.62 bits per heavy atom. The Bertz CT molecular complexity index is 1340. The number of fused-ring (bicyclic) bond motifs is 1. The Labute approximate surface area is 201 Å². The van der Waals surface area contributed by atoms with Crippen LogP contribution in [-0.2, 0) is 15.6 Å². The summed E-state index contributed by atoms with van der Waals surface area (Å²) < 4.78 is 25.3. The number of nitrogens with one attached hydrogen (secondary N) is 1. The first-order valence-corrected chi connectivity index (χ1v) is 13.8. The van der Waals surface area contributed by atoms with Crippen LogP contribution >= 0.6 is 0 Å². The van der Waals surface area contributed by atoms with Crippen molar-refractivity contribution in [3.05, 3.63) is 89.5 Å². The largest absolute Gasteiger partial charge is 0.337 e. The number of rotatable bonds is 7. The fourth-order valence-electron chi connectivity index (χ4n) is 4.84. The fraction of sp³-hybridized carbons (Fsp3) is 0.321. The van der Waals surface area contributed by atoms with Crippen LogP contribution in [-0.4, -0.2) is 44.7 Å². The third kappa shape index (κ3) is 5.02. The van der Waals surface area contributed by atoms with Crippen LogP contribution in [0.25, 0.3) is 16.3 Å². The predicted octanol–water partition coefficient (Wildman–Crippen LogP) is 5.13. The topological polar surface area (TPSA) is 66.5 Å². The Kier molecular flexibility index (Phi) is 6.42. The minimum Gasteiger partial charge on any atom is -0.337 e. The molecule has 6 heteroatoms. The lowest BCUT2D eigenvalue weighted by Crippen LogP contribution is -2.40. The number of amides is 2. The lowest BCUT2D eigenvalue weighted by atomic mass is 9.80. The van der Waals surface area contributed by atoms with E-state index in [0.29, 0.717) is 19.0 Å². The van der Waals surface area contributed by atoms with Crippen molar-refractivity contribution in [1.29, 1.82) is 0 Å².